The molecule has 2 heteroatoms. The van der Waals surface area contributed by atoms with Gasteiger partial charge in [-0.2, -0.15) is 12.6 Å². The molecule has 78 valence electrons. The Morgan fingerprint density at radius 2 is 1.23 bits per heavy atom. The fraction of sp³-hybridized carbons (Fsp3) is 0.909. The van der Waals surface area contributed by atoms with Crippen LogP contribution >= 0.6 is 12.6 Å². The van der Waals surface area contributed by atoms with Crippen LogP contribution < -0.4 is 0 Å². The average Bonchev–Trinajstić information content (AvgIpc) is 2.16. The summed E-state index contributed by atoms with van der Waals surface area (Å²) in [5.41, 5.74) is 0. The summed E-state index contributed by atoms with van der Waals surface area (Å²) in [6.07, 6.45) is 12.0. The normalized spacial score (nSPS) is 10.2. The van der Waals surface area contributed by atoms with E-state index in [1.165, 1.54) is 44.9 Å². The lowest BCUT2D eigenvalue weighted by atomic mass is 10.1. The first-order valence-corrected chi connectivity index (χ1v) is 6.09. The van der Waals surface area contributed by atoms with Crippen LogP contribution in [0.5, 0.6) is 0 Å². The molecular formula is C11H22OS. The monoisotopic (exact) mass is 202 g/mol. The van der Waals surface area contributed by atoms with Gasteiger partial charge in [-0.15, -0.1) is 0 Å². The summed E-state index contributed by atoms with van der Waals surface area (Å²) in [6.45, 7) is 0. The fourth-order valence-corrected chi connectivity index (χ4v) is 1.62. The van der Waals surface area contributed by atoms with Crippen molar-refractivity contribution in [2.45, 2.75) is 57.8 Å². The second kappa shape index (κ2) is 12.0. The predicted molar refractivity (Wildman–Crippen MR) is 61.5 cm³/mol. The molecule has 0 aromatic carbocycles. The van der Waals surface area contributed by atoms with E-state index in [-0.39, 0.29) is 0 Å². The van der Waals surface area contributed by atoms with Gasteiger partial charge in [0.05, 0.1) is 0 Å². The number of hydrogen-bond donors (Lipinski definition) is 1. The third-order valence-electron chi connectivity index (χ3n) is 2.23. The van der Waals surface area contributed by atoms with Crippen LogP contribution in [0.1, 0.15) is 57.8 Å². The molecule has 13 heavy (non-hydrogen) atoms. The SMILES string of the molecule is O=CCCCCCCCCCCS. The molecule has 0 aromatic rings. The van der Waals surface area contributed by atoms with Gasteiger partial charge in [0.1, 0.15) is 6.29 Å². The van der Waals surface area contributed by atoms with Crippen LogP contribution in [0.2, 0.25) is 0 Å². The van der Waals surface area contributed by atoms with E-state index in [0.717, 1.165) is 24.9 Å². The highest BCUT2D eigenvalue weighted by Gasteiger charge is 1.91. The zero-order chi connectivity index (χ0) is 9.78. The first kappa shape index (κ1) is 13.0. The topological polar surface area (TPSA) is 17.1 Å². The molecule has 0 saturated carbocycles. The lowest BCUT2D eigenvalue weighted by Gasteiger charge is -1.99. The largest absolute Gasteiger partial charge is 0.303 e. The van der Waals surface area contributed by atoms with Crippen LogP contribution in [0.4, 0.5) is 0 Å². The molecule has 0 saturated heterocycles. The number of unbranched alkanes of at least 4 members (excludes halogenated alkanes) is 8. The van der Waals surface area contributed by atoms with E-state index in [1.54, 1.807) is 0 Å². The molecule has 0 aliphatic carbocycles. The standard InChI is InChI=1S/C11H22OS/c12-10-8-6-4-2-1-3-5-7-9-11-13/h10,13H,1-9,11H2. The first-order chi connectivity index (χ1) is 6.41. The summed E-state index contributed by atoms with van der Waals surface area (Å²) in [4.78, 5) is 10.0. The van der Waals surface area contributed by atoms with Crippen LogP contribution in [-0.4, -0.2) is 12.0 Å². The van der Waals surface area contributed by atoms with E-state index in [4.69, 9.17) is 0 Å². The molecule has 0 N–H and O–H groups in total. The molecule has 0 aliphatic heterocycles. The van der Waals surface area contributed by atoms with Crippen molar-refractivity contribution < 1.29 is 4.79 Å². The highest BCUT2D eigenvalue weighted by molar-refractivity contribution is 7.80. The van der Waals surface area contributed by atoms with E-state index >= 15 is 0 Å². The third kappa shape index (κ3) is 12.0. The molecule has 0 unspecified atom stereocenters. The minimum absolute atomic E-state index is 0.750. The average molecular weight is 202 g/mol. The van der Waals surface area contributed by atoms with E-state index in [0.29, 0.717) is 0 Å². The summed E-state index contributed by atoms with van der Waals surface area (Å²) >= 11 is 4.17. The molecule has 0 rings (SSSR count). The molecule has 0 aliphatic rings. The van der Waals surface area contributed by atoms with Crippen molar-refractivity contribution in [1.82, 2.24) is 0 Å². The van der Waals surface area contributed by atoms with E-state index < -0.39 is 0 Å². The zero-order valence-electron chi connectivity index (χ0n) is 8.50. The van der Waals surface area contributed by atoms with E-state index in [1.807, 2.05) is 0 Å². The predicted octanol–water partition coefficient (Wildman–Crippen LogP) is 3.63. The van der Waals surface area contributed by atoms with Gasteiger partial charge in [-0.3, -0.25) is 0 Å². The maximum absolute atomic E-state index is 10.0. The smallest absolute Gasteiger partial charge is 0.119 e. The van der Waals surface area contributed by atoms with Gasteiger partial charge < -0.3 is 4.79 Å². The molecule has 0 aromatic heterocycles. The van der Waals surface area contributed by atoms with Crippen LogP contribution in [0.3, 0.4) is 0 Å². The number of rotatable bonds is 10. The van der Waals surface area contributed by atoms with Crippen LogP contribution in [0, 0.1) is 0 Å². The molecule has 0 amide bonds. The molecule has 0 atom stereocenters. The first-order valence-electron chi connectivity index (χ1n) is 5.46. The van der Waals surface area contributed by atoms with Crippen molar-refractivity contribution in [2.75, 3.05) is 5.75 Å². The van der Waals surface area contributed by atoms with Gasteiger partial charge in [-0.05, 0) is 18.6 Å². The number of carbonyl (C=O) groups is 1. The minimum atomic E-state index is 0.750. The molecule has 0 heterocycles. The van der Waals surface area contributed by atoms with Crippen molar-refractivity contribution in [3.8, 4) is 0 Å². The van der Waals surface area contributed by atoms with Gasteiger partial charge >= 0.3 is 0 Å². The Morgan fingerprint density at radius 3 is 1.69 bits per heavy atom. The fourth-order valence-electron chi connectivity index (χ4n) is 1.40. The Bertz CT molecular complexity index is 104. The van der Waals surface area contributed by atoms with Gasteiger partial charge in [0, 0.05) is 6.42 Å². The summed E-state index contributed by atoms with van der Waals surface area (Å²) in [7, 11) is 0. The van der Waals surface area contributed by atoms with Gasteiger partial charge in [-0.25, -0.2) is 0 Å². The van der Waals surface area contributed by atoms with E-state index in [9.17, 15) is 4.79 Å². The molecular weight excluding hydrogens is 180 g/mol. The lowest BCUT2D eigenvalue weighted by Crippen LogP contribution is -1.82. The lowest BCUT2D eigenvalue weighted by molar-refractivity contribution is -0.107. The maximum atomic E-state index is 10.0. The second-order valence-corrected chi connectivity index (χ2v) is 3.95. The van der Waals surface area contributed by atoms with Crippen molar-refractivity contribution >= 4 is 18.9 Å². The Balaban J connectivity index is 2.79. The second-order valence-electron chi connectivity index (χ2n) is 3.51. The number of aldehydes is 1. The molecule has 0 spiro atoms. The number of hydrogen-bond acceptors (Lipinski definition) is 2. The van der Waals surface area contributed by atoms with Gasteiger partial charge in [-0.1, -0.05) is 38.5 Å². The zero-order valence-corrected chi connectivity index (χ0v) is 9.40. The Labute approximate surface area is 87.7 Å². The molecule has 1 nitrogen and oxygen atoms in total. The molecule has 0 fully saturated rings. The minimum Gasteiger partial charge on any atom is -0.303 e. The Morgan fingerprint density at radius 1 is 0.769 bits per heavy atom. The molecule has 0 bridgehead atoms. The quantitative estimate of drug-likeness (QED) is 0.325. The molecule has 0 radical (unpaired) electrons. The van der Waals surface area contributed by atoms with Gasteiger partial charge in [0.2, 0.25) is 0 Å². The summed E-state index contributed by atoms with van der Waals surface area (Å²) < 4.78 is 0. The maximum Gasteiger partial charge on any atom is 0.119 e. The highest BCUT2D eigenvalue weighted by Crippen LogP contribution is 2.09. The van der Waals surface area contributed by atoms with Crippen molar-refractivity contribution in [1.29, 1.82) is 0 Å². The summed E-state index contributed by atoms with van der Waals surface area (Å²) in [5.74, 6) is 1.03. The van der Waals surface area contributed by atoms with Crippen molar-refractivity contribution in [2.24, 2.45) is 0 Å². The van der Waals surface area contributed by atoms with Crippen molar-refractivity contribution in [3.63, 3.8) is 0 Å². The Hall–Kier alpha value is 0.0200. The van der Waals surface area contributed by atoms with Crippen LogP contribution in [-0.2, 0) is 4.79 Å². The summed E-state index contributed by atoms with van der Waals surface area (Å²) in [6, 6.07) is 0. The van der Waals surface area contributed by atoms with Crippen LogP contribution in [0.15, 0.2) is 0 Å². The number of thiol groups is 1. The van der Waals surface area contributed by atoms with Gasteiger partial charge in [0.25, 0.3) is 0 Å². The Kier molecular flexibility index (Phi) is 12.0. The number of carbonyl (C=O) groups excluding carboxylic acids is 1. The van der Waals surface area contributed by atoms with E-state index in [2.05, 4.69) is 12.6 Å². The van der Waals surface area contributed by atoms with Crippen LogP contribution in [0.25, 0.3) is 0 Å². The van der Waals surface area contributed by atoms with Gasteiger partial charge in [0.15, 0.2) is 0 Å². The van der Waals surface area contributed by atoms with Crippen molar-refractivity contribution in [3.05, 3.63) is 0 Å². The third-order valence-corrected chi connectivity index (χ3v) is 2.55. The highest BCUT2D eigenvalue weighted by atomic mass is 32.1. The summed E-state index contributed by atoms with van der Waals surface area (Å²) in [5, 5.41) is 0.